The van der Waals surface area contributed by atoms with Crippen molar-refractivity contribution in [2.24, 2.45) is 0 Å². The van der Waals surface area contributed by atoms with E-state index in [0.717, 1.165) is 16.8 Å². The smallest absolute Gasteiger partial charge is 0.262 e. The summed E-state index contributed by atoms with van der Waals surface area (Å²) in [6, 6.07) is 12.4. The molecule has 0 spiro atoms. The number of hydrogen-bond acceptors (Lipinski definition) is 3. The SMILES string of the molecule is Cc1cccc(C)c1NC(=O)C(C)n1c(C)nc2ccccc2c1=O. The van der Waals surface area contributed by atoms with Crippen LogP contribution in [0, 0.1) is 20.8 Å². The second-order valence-corrected chi connectivity index (χ2v) is 6.28. The Balaban J connectivity index is 2.01. The molecule has 1 aromatic heterocycles. The van der Waals surface area contributed by atoms with E-state index in [9.17, 15) is 9.59 Å². The third-order valence-corrected chi connectivity index (χ3v) is 4.48. The normalized spacial score (nSPS) is 12.2. The Labute approximate surface area is 146 Å². The summed E-state index contributed by atoms with van der Waals surface area (Å²) >= 11 is 0. The summed E-state index contributed by atoms with van der Waals surface area (Å²) in [5, 5.41) is 3.47. The molecule has 1 amide bonds. The quantitative estimate of drug-likeness (QED) is 0.796. The van der Waals surface area contributed by atoms with Crippen molar-refractivity contribution in [2.45, 2.75) is 33.7 Å². The molecule has 128 valence electrons. The average molecular weight is 335 g/mol. The molecule has 0 saturated heterocycles. The Morgan fingerprint density at radius 3 is 2.36 bits per heavy atom. The lowest BCUT2D eigenvalue weighted by Crippen LogP contribution is -2.34. The molecule has 1 unspecified atom stereocenters. The molecule has 5 heteroatoms. The Morgan fingerprint density at radius 2 is 1.68 bits per heavy atom. The molecule has 0 aliphatic carbocycles. The first kappa shape index (κ1) is 16.9. The lowest BCUT2D eigenvalue weighted by molar-refractivity contribution is -0.118. The molecular formula is C20H21N3O2. The summed E-state index contributed by atoms with van der Waals surface area (Å²) in [6.07, 6.45) is 0. The molecule has 2 aromatic carbocycles. The number of benzene rings is 2. The van der Waals surface area contributed by atoms with Crippen LogP contribution in [0.2, 0.25) is 0 Å². The van der Waals surface area contributed by atoms with Gasteiger partial charge in [0.05, 0.1) is 10.9 Å². The maximum absolute atomic E-state index is 12.8. The minimum absolute atomic E-state index is 0.202. The summed E-state index contributed by atoms with van der Waals surface area (Å²) in [7, 11) is 0. The number of nitrogens with one attached hydrogen (secondary N) is 1. The minimum Gasteiger partial charge on any atom is -0.324 e. The number of nitrogens with zero attached hydrogens (tertiary/aromatic N) is 2. The van der Waals surface area contributed by atoms with E-state index in [4.69, 9.17) is 0 Å². The number of carbonyl (C=O) groups is 1. The molecule has 3 aromatic rings. The van der Waals surface area contributed by atoms with Gasteiger partial charge >= 0.3 is 0 Å². The van der Waals surface area contributed by atoms with Gasteiger partial charge in [-0.15, -0.1) is 0 Å². The molecular weight excluding hydrogens is 314 g/mol. The van der Waals surface area contributed by atoms with Crippen LogP contribution in [0.15, 0.2) is 47.3 Å². The number of para-hydroxylation sites is 2. The molecule has 0 radical (unpaired) electrons. The third kappa shape index (κ3) is 3.05. The predicted octanol–water partition coefficient (Wildman–Crippen LogP) is 3.52. The van der Waals surface area contributed by atoms with E-state index in [-0.39, 0.29) is 11.5 Å². The highest BCUT2D eigenvalue weighted by atomic mass is 16.2. The summed E-state index contributed by atoms with van der Waals surface area (Å²) < 4.78 is 1.45. The van der Waals surface area contributed by atoms with Gasteiger partial charge in [-0.3, -0.25) is 14.2 Å². The van der Waals surface area contributed by atoms with Crippen molar-refractivity contribution in [3.8, 4) is 0 Å². The van der Waals surface area contributed by atoms with Crippen LogP contribution in [0.4, 0.5) is 5.69 Å². The van der Waals surface area contributed by atoms with E-state index in [1.807, 2.05) is 38.1 Å². The second-order valence-electron chi connectivity index (χ2n) is 6.28. The fourth-order valence-electron chi connectivity index (χ4n) is 3.07. The van der Waals surface area contributed by atoms with Crippen molar-refractivity contribution in [3.05, 3.63) is 69.8 Å². The molecule has 5 nitrogen and oxygen atoms in total. The van der Waals surface area contributed by atoms with Crippen molar-refractivity contribution >= 4 is 22.5 Å². The van der Waals surface area contributed by atoms with Gasteiger partial charge in [0.2, 0.25) is 5.91 Å². The zero-order valence-corrected chi connectivity index (χ0v) is 14.8. The van der Waals surface area contributed by atoms with Crippen LogP contribution < -0.4 is 10.9 Å². The third-order valence-electron chi connectivity index (χ3n) is 4.48. The van der Waals surface area contributed by atoms with E-state index in [1.54, 1.807) is 32.0 Å². The largest absolute Gasteiger partial charge is 0.324 e. The molecule has 3 rings (SSSR count). The van der Waals surface area contributed by atoms with Crippen LogP contribution in [-0.4, -0.2) is 15.5 Å². The first-order valence-corrected chi connectivity index (χ1v) is 8.25. The molecule has 0 aliphatic heterocycles. The summed E-state index contributed by atoms with van der Waals surface area (Å²) in [4.78, 5) is 30.0. The minimum atomic E-state index is -0.663. The van der Waals surface area contributed by atoms with Gasteiger partial charge in [-0.05, 0) is 51.0 Å². The zero-order valence-electron chi connectivity index (χ0n) is 14.8. The first-order valence-electron chi connectivity index (χ1n) is 8.25. The van der Waals surface area contributed by atoms with Gasteiger partial charge in [0.1, 0.15) is 11.9 Å². The van der Waals surface area contributed by atoms with Crippen molar-refractivity contribution in [3.63, 3.8) is 0 Å². The highest BCUT2D eigenvalue weighted by Crippen LogP contribution is 2.21. The van der Waals surface area contributed by atoms with Crippen molar-refractivity contribution in [1.29, 1.82) is 0 Å². The summed E-state index contributed by atoms with van der Waals surface area (Å²) in [6.45, 7) is 7.36. The number of anilines is 1. The topological polar surface area (TPSA) is 64.0 Å². The molecule has 0 saturated carbocycles. The van der Waals surface area contributed by atoms with Gasteiger partial charge in [0.25, 0.3) is 5.56 Å². The monoisotopic (exact) mass is 335 g/mol. The molecule has 0 fully saturated rings. The van der Waals surface area contributed by atoms with Gasteiger partial charge < -0.3 is 5.32 Å². The van der Waals surface area contributed by atoms with Crippen LogP contribution in [0.1, 0.15) is 29.9 Å². The molecule has 25 heavy (non-hydrogen) atoms. The van der Waals surface area contributed by atoms with Gasteiger partial charge in [-0.1, -0.05) is 30.3 Å². The number of aryl methyl sites for hydroxylation is 3. The standard InChI is InChI=1S/C20H21N3O2/c1-12-8-7-9-13(2)18(12)22-19(24)14(3)23-15(4)21-17-11-6-5-10-16(17)20(23)25/h5-11,14H,1-4H3,(H,22,24). The van der Waals surface area contributed by atoms with Crippen molar-refractivity contribution in [1.82, 2.24) is 9.55 Å². The Kier molecular flexibility index (Phi) is 4.40. The lowest BCUT2D eigenvalue weighted by Gasteiger charge is -2.19. The first-order chi connectivity index (χ1) is 11.9. The summed E-state index contributed by atoms with van der Waals surface area (Å²) in [5.41, 5.74) is 3.21. The number of carbonyl (C=O) groups excluding carboxylic acids is 1. The van der Waals surface area contributed by atoms with E-state index in [0.29, 0.717) is 16.7 Å². The van der Waals surface area contributed by atoms with Gasteiger partial charge in [0.15, 0.2) is 0 Å². The predicted molar refractivity (Wildman–Crippen MR) is 100.0 cm³/mol. The van der Waals surface area contributed by atoms with Crippen LogP contribution in [0.5, 0.6) is 0 Å². The van der Waals surface area contributed by atoms with Gasteiger partial charge in [-0.2, -0.15) is 0 Å². The number of aromatic nitrogens is 2. The molecule has 1 N–H and O–H groups in total. The fraction of sp³-hybridized carbons (Fsp3) is 0.250. The second kappa shape index (κ2) is 6.51. The van der Waals surface area contributed by atoms with E-state index in [1.165, 1.54) is 4.57 Å². The number of rotatable bonds is 3. The van der Waals surface area contributed by atoms with Gasteiger partial charge in [0, 0.05) is 5.69 Å². The lowest BCUT2D eigenvalue weighted by atomic mass is 10.1. The maximum atomic E-state index is 12.8. The van der Waals surface area contributed by atoms with E-state index in [2.05, 4.69) is 10.3 Å². The maximum Gasteiger partial charge on any atom is 0.262 e. The van der Waals surface area contributed by atoms with Crippen LogP contribution in [-0.2, 0) is 4.79 Å². The van der Waals surface area contributed by atoms with Crippen LogP contribution >= 0.6 is 0 Å². The van der Waals surface area contributed by atoms with Crippen LogP contribution in [0.25, 0.3) is 10.9 Å². The highest BCUT2D eigenvalue weighted by molar-refractivity contribution is 5.95. The Hall–Kier alpha value is -2.95. The molecule has 1 atom stereocenters. The van der Waals surface area contributed by atoms with Crippen molar-refractivity contribution in [2.75, 3.05) is 5.32 Å². The number of fused-ring (bicyclic) bond motifs is 1. The summed E-state index contributed by atoms with van der Waals surface area (Å²) in [5.74, 6) is 0.285. The molecule has 1 heterocycles. The van der Waals surface area contributed by atoms with E-state index < -0.39 is 6.04 Å². The van der Waals surface area contributed by atoms with E-state index >= 15 is 0 Å². The highest BCUT2D eigenvalue weighted by Gasteiger charge is 2.21. The van der Waals surface area contributed by atoms with Crippen molar-refractivity contribution < 1.29 is 4.79 Å². The number of hydrogen-bond donors (Lipinski definition) is 1. The Morgan fingerprint density at radius 1 is 1.04 bits per heavy atom. The fourth-order valence-corrected chi connectivity index (χ4v) is 3.07. The van der Waals surface area contributed by atoms with Crippen LogP contribution in [0.3, 0.4) is 0 Å². The zero-order chi connectivity index (χ0) is 18.1. The Bertz CT molecular complexity index is 1000. The van der Waals surface area contributed by atoms with Gasteiger partial charge in [-0.25, -0.2) is 4.98 Å². The molecule has 0 aliphatic rings. The number of amides is 1. The average Bonchev–Trinajstić information content (AvgIpc) is 2.58. The molecule has 0 bridgehead atoms.